The molecule has 1 aromatic rings. The third-order valence-corrected chi connectivity index (χ3v) is 4.02. The van der Waals surface area contributed by atoms with Crippen LogP contribution in [0.1, 0.15) is 31.2 Å². The van der Waals surface area contributed by atoms with Crippen molar-refractivity contribution in [1.29, 1.82) is 0 Å². The molecule has 1 aromatic carbocycles. The fourth-order valence-corrected chi connectivity index (χ4v) is 3.22. The van der Waals surface area contributed by atoms with Crippen LogP contribution in [-0.4, -0.2) is 6.04 Å². The summed E-state index contributed by atoms with van der Waals surface area (Å²) < 4.78 is 14.1. The van der Waals surface area contributed by atoms with Crippen LogP contribution in [0.4, 0.5) is 4.39 Å². The molecule has 17 heavy (non-hydrogen) atoms. The summed E-state index contributed by atoms with van der Waals surface area (Å²) in [6, 6.07) is 5.28. The van der Waals surface area contributed by atoms with Crippen molar-refractivity contribution in [2.45, 2.75) is 38.1 Å². The Kier molecular flexibility index (Phi) is 4.54. The van der Waals surface area contributed by atoms with Crippen molar-refractivity contribution in [1.82, 2.24) is 5.43 Å². The van der Waals surface area contributed by atoms with Gasteiger partial charge in [-0.25, -0.2) is 4.39 Å². The average Bonchev–Trinajstić information content (AvgIpc) is 2.77. The van der Waals surface area contributed by atoms with Gasteiger partial charge in [-0.1, -0.05) is 28.8 Å². The zero-order chi connectivity index (χ0) is 12.3. The highest BCUT2D eigenvalue weighted by Gasteiger charge is 2.24. The van der Waals surface area contributed by atoms with Gasteiger partial charge in [-0.05, 0) is 48.9 Å². The van der Waals surface area contributed by atoms with Crippen LogP contribution in [0.3, 0.4) is 0 Å². The predicted octanol–water partition coefficient (Wildman–Crippen LogP) is 3.15. The second-order valence-electron chi connectivity index (χ2n) is 4.80. The average molecular weight is 301 g/mol. The van der Waals surface area contributed by atoms with Crippen LogP contribution in [0, 0.1) is 11.7 Å². The molecule has 0 amide bonds. The monoisotopic (exact) mass is 300 g/mol. The van der Waals surface area contributed by atoms with Gasteiger partial charge in [-0.2, -0.15) is 0 Å². The standard InChI is InChI=1S/C13H18BrFN2/c14-11-5-9(6-12(15)8-11)7-13(17-16)10-3-1-2-4-10/h5-6,8,10,13,17H,1-4,7,16H2. The Hall–Kier alpha value is -0.450. The highest BCUT2D eigenvalue weighted by Crippen LogP contribution is 2.29. The van der Waals surface area contributed by atoms with E-state index in [9.17, 15) is 4.39 Å². The van der Waals surface area contributed by atoms with Crippen molar-refractivity contribution in [3.8, 4) is 0 Å². The Morgan fingerprint density at radius 1 is 1.35 bits per heavy atom. The van der Waals surface area contributed by atoms with Crippen molar-refractivity contribution in [2.75, 3.05) is 0 Å². The highest BCUT2D eigenvalue weighted by molar-refractivity contribution is 9.10. The molecule has 0 heterocycles. The van der Waals surface area contributed by atoms with Crippen LogP contribution in [0.2, 0.25) is 0 Å². The van der Waals surface area contributed by atoms with E-state index in [2.05, 4.69) is 21.4 Å². The lowest BCUT2D eigenvalue weighted by Crippen LogP contribution is -2.41. The minimum Gasteiger partial charge on any atom is -0.271 e. The first-order chi connectivity index (χ1) is 8.19. The van der Waals surface area contributed by atoms with Gasteiger partial charge in [0.2, 0.25) is 0 Å². The van der Waals surface area contributed by atoms with Gasteiger partial charge in [0.05, 0.1) is 0 Å². The SMILES string of the molecule is NNC(Cc1cc(F)cc(Br)c1)C1CCCC1. The van der Waals surface area contributed by atoms with Crippen molar-refractivity contribution >= 4 is 15.9 Å². The zero-order valence-corrected chi connectivity index (χ0v) is 11.3. The van der Waals surface area contributed by atoms with Gasteiger partial charge in [0.25, 0.3) is 0 Å². The lowest BCUT2D eigenvalue weighted by atomic mass is 9.93. The minimum atomic E-state index is -0.198. The van der Waals surface area contributed by atoms with E-state index in [1.54, 1.807) is 6.07 Å². The summed E-state index contributed by atoms with van der Waals surface area (Å²) in [7, 11) is 0. The van der Waals surface area contributed by atoms with Gasteiger partial charge in [-0.15, -0.1) is 0 Å². The maximum absolute atomic E-state index is 13.3. The maximum atomic E-state index is 13.3. The molecule has 1 aliphatic rings. The van der Waals surface area contributed by atoms with Crippen LogP contribution in [0.15, 0.2) is 22.7 Å². The summed E-state index contributed by atoms with van der Waals surface area (Å²) in [5, 5.41) is 0. The van der Waals surface area contributed by atoms with Crippen molar-refractivity contribution in [3.05, 3.63) is 34.1 Å². The van der Waals surface area contributed by atoms with Gasteiger partial charge >= 0.3 is 0 Å². The van der Waals surface area contributed by atoms with Crippen molar-refractivity contribution in [2.24, 2.45) is 11.8 Å². The molecular formula is C13H18BrFN2. The summed E-state index contributed by atoms with van der Waals surface area (Å²) in [5.41, 5.74) is 3.89. The molecule has 1 atom stereocenters. The number of nitrogens with two attached hydrogens (primary N) is 1. The molecule has 0 radical (unpaired) electrons. The third kappa shape index (κ3) is 3.50. The van der Waals surface area contributed by atoms with E-state index in [0.29, 0.717) is 5.92 Å². The van der Waals surface area contributed by atoms with Gasteiger partial charge in [0.15, 0.2) is 0 Å². The summed E-state index contributed by atoms with van der Waals surface area (Å²) in [6.45, 7) is 0. The summed E-state index contributed by atoms with van der Waals surface area (Å²) in [6.07, 6.45) is 5.82. The molecule has 0 aromatic heterocycles. The Morgan fingerprint density at radius 3 is 2.65 bits per heavy atom. The Bertz CT molecular complexity index is 357. The lowest BCUT2D eigenvalue weighted by Gasteiger charge is -2.22. The molecule has 1 unspecified atom stereocenters. The van der Waals surface area contributed by atoms with E-state index < -0.39 is 0 Å². The highest BCUT2D eigenvalue weighted by atomic mass is 79.9. The van der Waals surface area contributed by atoms with Gasteiger partial charge in [-0.3, -0.25) is 11.3 Å². The molecule has 2 rings (SSSR count). The summed E-state index contributed by atoms with van der Waals surface area (Å²) in [5.74, 6) is 6.05. The molecule has 0 bridgehead atoms. The van der Waals surface area contributed by atoms with Crippen LogP contribution in [-0.2, 0) is 6.42 Å². The molecule has 0 saturated heterocycles. The van der Waals surface area contributed by atoms with Crippen LogP contribution >= 0.6 is 15.9 Å². The predicted molar refractivity (Wildman–Crippen MR) is 70.9 cm³/mol. The Morgan fingerprint density at radius 2 is 2.06 bits per heavy atom. The van der Waals surface area contributed by atoms with Crippen molar-refractivity contribution < 1.29 is 4.39 Å². The number of hydrazine groups is 1. The summed E-state index contributed by atoms with van der Waals surface area (Å²) >= 11 is 3.32. The van der Waals surface area contributed by atoms with E-state index >= 15 is 0 Å². The normalized spacial score (nSPS) is 18.5. The molecule has 0 aliphatic heterocycles. The van der Waals surface area contributed by atoms with E-state index in [-0.39, 0.29) is 11.9 Å². The van der Waals surface area contributed by atoms with E-state index in [4.69, 9.17) is 5.84 Å². The number of halogens is 2. The first-order valence-corrected chi connectivity index (χ1v) is 6.89. The smallest absolute Gasteiger partial charge is 0.124 e. The molecule has 1 saturated carbocycles. The van der Waals surface area contributed by atoms with Gasteiger partial charge in [0.1, 0.15) is 5.82 Å². The van der Waals surface area contributed by atoms with E-state index in [0.717, 1.165) is 16.5 Å². The molecule has 1 fully saturated rings. The molecule has 1 aliphatic carbocycles. The topological polar surface area (TPSA) is 38.0 Å². The zero-order valence-electron chi connectivity index (χ0n) is 9.76. The fourth-order valence-electron chi connectivity index (χ4n) is 2.70. The number of rotatable bonds is 4. The molecule has 0 spiro atoms. The molecule has 3 N–H and O–H groups in total. The molecule has 2 nitrogen and oxygen atoms in total. The largest absolute Gasteiger partial charge is 0.271 e. The van der Waals surface area contributed by atoms with E-state index in [1.807, 2.05) is 6.07 Å². The molecule has 4 heteroatoms. The first-order valence-electron chi connectivity index (χ1n) is 6.10. The first kappa shape index (κ1) is 13.0. The van der Waals surface area contributed by atoms with Gasteiger partial charge < -0.3 is 0 Å². The van der Waals surface area contributed by atoms with Crippen LogP contribution < -0.4 is 11.3 Å². The Balaban J connectivity index is 2.06. The van der Waals surface area contributed by atoms with Crippen LogP contribution in [0.25, 0.3) is 0 Å². The fraction of sp³-hybridized carbons (Fsp3) is 0.538. The van der Waals surface area contributed by atoms with Gasteiger partial charge in [0, 0.05) is 10.5 Å². The second-order valence-corrected chi connectivity index (χ2v) is 5.72. The minimum absolute atomic E-state index is 0.198. The summed E-state index contributed by atoms with van der Waals surface area (Å²) in [4.78, 5) is 0. The van der Waals surface area contributed by atoms with E-state index in [1.165, 1.54) is 31.7 Å². The molecule has 94 valence electrons. The Labute approximate surface area is 110 Å². The van der Waals surface area contributed by atoms with Crippen molar-refractivity contribution in [3.63, 3.8) is 0 Å². The number of hydrogen-bond acceptors (Lipinski definition) is 2. The quantitative estimate of drug-likeness (QED) is 0.662. The number of nitrogens with one attached hydrogen (secondary N) is 1. The maximum Gasteiger partial charge on any atom is 0.124 e. The number of benzene rings is 1. The number of hydrogen-bond donors (Lipinski definition) is 2. The molecular weight excluding hydrogens is 283 g/mol. The third-order valence-electron chi connectivity index (χ3n) is 3.56. The second kappa shape index (κ2) is 5.94. The lowest BCUT2D eigenvalue weighted by molar-refractivity contribution is 0.361. The van der Waals surface area contributed by atoms with Crippen LogP contribution in [0.5, 0.6) is 0 Å².